The molecule has 1 heterocycles. The van der Waals surface area contributed by atoms with Crippen LogP contribution in [0.15, 0.2) is 24.5 Å². The van der Waals surface area contributed by atoms with E-state index in [1.165, 1.54) is 19.3 Å². The summed E-state index contributed by atoms with van der Waals surface area (Å²) in [6, 6.07) is 3.82. The van der Waals surface area contributed by atoms with Gasteiger partial charge >= 0.3 is 0 Å². The molecule has 0 spiro atoms. The van der Waals surface area contributed by atoms with E-state index in [2.05, 4.69) is 11.9 Å². The fraction of sp³-hybridized carbons (Fsp3) is 0.562. The Bertz CT molecular complexity index is 492. The fourth-order valence-electron chi connectivity index (χ4n) is 3.07. The first-order valence-corrected chi connectivity index (χ1v) is 7.99. The lowest BCUT2D eigenvalue weighted by molar-refractivity contribution is 0.0561. The van der Waals surface area contributed by atoms with Crippen molar-refractivity contribution < 1.29 is 4.79 Å². The third-order valence-corrected chi connectivity index (χ3v) is 4.46. The predicted molar refractivity (Wildman–Crippen MR) is 88.1 cm³/mol. The average molecular weight is 305 g/mol. The Morgan fingerprint density at radius 3 is 2.67 bits per heavy atom. The molecule has 2 atom stereocenters. The lowest BCUT2D eigenvalue weighted by Gasteiger charge is -2.38. The topological polar surface area (TPSA) is 59.2 Å². The normalized spacial score (nSPS) is 21.8. The molecule has 2 unspecified atom stereocenters. The zero-order valence-electron chi connectivity index (χ0n) is 12.5. The van der Waals surface area contributed by atoms with Crippen LogP contribution in [0.5, 0.6) is 0 Å². The molecule has 1 amide bonds. The van der Waals surface area contributed by atoms with Crippen LogP contribution in [0.3, 0.4) is 0 Å². The fourth-order valence-corrected chi connectivity index (χ4v) is 3.16. The maximum absolute atomic E-state index is 12.8. The highest BCUT2D eigenvalue weighted by Crippen LogP contribution is 2.29. The van der Waals surface area contributed by atoms with Crippen molar-refractivity contribution in [2.24, 2.45) is 11.7 Å². The number of aromatic nitrogens is 1. The van der Waals surface area contributed by atoms with E-state index in [0.29, 0.717) is 29.4 Å². The van der Waals surface area contributed by atoms with Crippen molar-refractivity contribution in [3.63, 3.8) is 0 Å². The molecule has 0 radical (unpaired) electrons. The van der Waals surface area contributed by atoms with Gasteiger partial charge in [0.05, 0.1) is 4.99 Å². The van der Waals surface area contributed by atoms with E-state index in [1.54, 1.807) is 24.5 Å². The molecule has 0 aliphatic heterocycles. The highest BCUT2D eigenvalue weighted by Gasteiger charge is 2.30. The minimum Gasteiger partial charge on any atom is -0.393 e. The number of nitrogens with two attached hydrogens (primary N) is 1. The maximum Gasteiger partial charge on any atom is 0.254 e. The third kappa shape index (κ3) is 4.24. The lowest BCUT2D eigenvalue weighted by atomic mass is 9.84. The SMILES string of the molecule is CC1CCCCC1N(CCC(N)=S)C(=O)c1ccncc1. The van der Waals surface area contributed by atoms with Crippen LogP contribution in [-0.4, -0.2) is 33.4 Å². The van der Waals surface area contributed by atoms with Gasteiger partial charge in [0.25, 0.3) is 5.91 Å². The van der Waals surface area contributed by atoms with Gasteiger partial charge in [0.15, 0.2) is 0 Å². The van der Waals surface area contributed by atoms with Gasteiger partial charge in [0.1, 0.15) is 0 Å². The minimum atomic E-state index is 0.0624. The molecular formula is C16H23N3OS. The highest BCUT2D eigenvalue weighted by molar-refractivity contribution is 7.80. The van der Waals surface area contributed by atoms with Crippen LogP contribution >= 0.6 is 12.2 Å². The number of nitrogens with zero attached hydrogens (tertiary/aromatic N) is 2. The summed E-state index contributed by atoms with van der Waals surface area (Å²) in [5, 5.41) is 0. The Morgan fingerprint density at radius 1 is 1.38 bits per heavy atom. The lowest BCUT2D eigenvalue weighted by Crippen LogP contribution is -2.46. The molecule has 1 aromatic heterocycles. The Morgan fingerprint density at radius 2 is 2.05 bits per heavy atom. The summed E-state index contributed by atoms with van der Waals surface area (Å²) in [5.41, 5.74) is 6.31. The van der Waals surface area contributed by atoms with Gasteiger partial charge in [-0.15, -0.1) is 0 Å². The van der Waals surface area contributed by atoms with E-state index in [9.17, 15) is 4.79 Å². The summed E-state index contributed by atoms with van der Waals surface area (Å²) in [7, 11) is 0. The first-order valence-electron chi connectivity index (χ1n) is 7.59. The van der Waals surface area contributed by atoms with E-state index in [1.807, 2.05) is 4.90 Å². The second-order valence-electron chi connectivity index (χ2n) is 5.78. The molecule has 0 bridgehead atoms. The highest BCUT2D eigenvalue weighted by atomic mass is 32.1. The predicted octanol–water partition coefficient (Wildman–Crippen LogP) is 2.78. The van der Waals surface area contributed by atoms with Gasteiger partial charge in [-0.05, 0) is 30.9 Å². The summed E-state index contributed by atoms with van der Waals surface area (Å²) in [6.07, 6.45) is 8.57. The van der Waals surface area contributed by atoms with Gasteiger partial charge in [-0.3, -0.25) is 9.78 Å². The first-order chi connectivity index (χ1) is 10.1. The van der Waals surface area contributed by atoms with Gasteiger partial charge < -0.3 is 10.6 Å². The van der Waals surface area contributed by atoms with Crippen LogP contribution in [0.4, 0.5) is 0 Å². The van der Waals surface area contributed by atoms with Crippen LogP contribution in [-0.2, 0) is 0 Å². The Labute approximate surface area is 131 Å². The van der Waals surface area contributed by atoms with Crippen molar-refractivity contribution in [2.45, 2.75) is 45.1 Å². The molecule has 1 aliphatic carbocycles. The molecule has 0 aromatic carbocycles. The van der Waals surface area contributed by atoms with Crippen molar-refractivity contribution in [3.8, 4) is 0 Å². The Hall–Kier alpha value is -1.49. The Balaban J connectivity index is 2.18. The monoisotopic (exact) mass is 305 g/mol. The summed E-state index contributed by atoms with van der Waals surface area (Å²) >= 11 is 4.98. The molecule has 2 N–H and O–H groups in total. The number of hydrogen-bond donors (Lipinski definition) is 1. The molecule has 4 nitrogen and oxygen atoms in total. The van der Waals surface area contributed by atoms with Crippen LogP contribution in [0.25, 0.3) is 0 Å². The Kier molecular flexibility index (Phi) is 5.67. The standard InChI is InChI=1S/C16H23N3OS/c1-12-4-2-3-5-14(12)19(11-8-15(17)21)16(20)13-6-9-18-10-7-13/h6-7,9-10,12,14H,2-5,8,11H2,1H3,(H2,17,21). The van der Waals surface area contributed by atoms with Crippen LogP contribution in [0.1, 0.15) is 49.4 Å². The van der Waals surface area contributed by atoms with Crippen LogP contribution < -0.4 is 5.73 Å². The molecule has 1 saturated carbocycles. The molecule has 5 heteroatoms. The van der Waals surface area contributed by atoms with E-state index < -0.39 is 0 Å². The van der Waals surface area contributed by atoms with Gasteiger partial charge in [-0.1, -0.05) is 32.0 Å². The quantitative estimate of drug-likeness (QED) is 0.850. The number of carbonyl (C=O) groups excluding carboxylic acids is 1. The summed E-state index contributed by atoms with van der Waals surface area (Å²) < 4.78 is 0. The van der Waals surface area contributed by atoms with E-state index in [-0.39, 0.29) is 11.9 Å². The van der Waals surface area contributed by atoms with Gasteiger partial charge in [-0.2, -0.15) is 0 Å². The molecule has 1 aromatic rings. The zero-order chi connectivity index (χ0) is 15.2. The molecule has 1 fully saturated rings. The van der Waals surface area contributed by atoms with Crippen LogP contribution in [0, 0.1) is 5.92 Å². The molecule has 21 heavy (non-hydrogen) atoms. The van der Waals surface area contributed by atoms with E-state index in [4.69, 9.17) is 18.0 Å². The van der Waals surface area contributed by atoms with Gasteiger partial charge in [0.2, 0.25) is 0 Å². The smallest absolute Gasteiger partial charge is 0.254 e. The average Bonchev–Trinajstić information content (AvgIpc) is 2.49. The van der Waals surface area contributed by atoms with Crippen molar-refractivity contribution in [1.29, 1.82) is 0 Å². The summed E-state index contributed by atoms with van der Waals surface area (Å²) in [6.45, 7) is 2.84. The second kappa shape index (κ2) is 7.50. The molecule has 2 rings (SSSR count). The summed E-state index contributed by atoms with van der Waals surface area (Å²) in [4.78, 5) is 19.2. The molecule has 1 aliphatic rings. The number of hydrogen-bond acceptors (Lipinski definition) is 3. The molecular weight excluding hydrogens is 282 g/mol. The number of pyridine rings is 1. The van der Waals surface area contributed by atoms with E-state index in [0.717, 1.165) is 6.42 Å². The molecule has 114 valence electrons. The first kappa shape index (κ1) is 15.9. The van der Waals surface area contributed by atoms with Crippen molar-refractivity contribution in [3.05, 3.63) is 30.1 Å². The zero-order valence-corrected chi connectivity index (χ0v) is 13.3. The second-order valence-corrected chi connectivity index (χ2v) is 6.30. The minimum absolute atomic E-state index is 0.0624. The van der Waals surface area contributed by atoms with E-state index >= 15 is 0 Å². The number of rotatable bonds is 5. The maximum atomic E-state index is 12.8. The van der Waals surface area contributed by atoms with Crippen molar-refractivity contribution in [1.82, 2.24) is 9.88 Å². The van der Waals surface area contributed by atoms with Gasteiger partial charge in [0, 0.05) is 37.0 Å². The van der Waals surface area contributed by atoms with Crippen molar-refractivity contribution >= 4 is 23.1 Å². The van der Waals surface area contributed by atoms with Gasteiger partial charge in [-0.25, -0.2) is 0 Å². The molecule has 0 saturated heterocycles. The number of amides is 1. The van der Waals surface area contributed by atoms with Crippen molar-refractivity contribution in [2.75, 3.05) is 6.54 Å². The number of thiocarbonyl (C=S) groups is 1. The van der Waals surface area contributed by atoms with Crippen LogP contribution in [0.2, 0.25) is 0 Å². The summed E-state index contributed by atoms with van der Waals surface area (Å²) in [5.74, 6) is 0.586. The third-order valence-electron chi connectivity index (χ3n) is 4.25. The number of carbonyl (C=O) groups is 1. The largest absolute Gasteiger partial charge is 0.393 e.